The highest BCUT2D eigenvalue weighted by atomic mass is 16.2. The number of nitrogens with one attached hydrogen (secondary N) is 3. The molecule has 0 spiro atoms. The largest absolute Gasteiger partial charge is 0.394 e. The van der Waals surface area contributed by atoms with Gasteiger partial charge in [-0.15, -0.1) is 0 Å². The molecule has 0 aliphatic rings. The van der Waals surface area contributed by atoms with Crippen molar-refractivity contribution in [2.45, 2.75) is 6.92 Å². The molecule has 88 valence electrons. The van der Waals surface area contributed by atoms with Gasteiger partial charge in [-0.2, -0.15) is 5.10 Å². The number of hydrogen-bond donors (Lipinski definition) is 4. The highest BCUT2D eigenvalue weighted by molar-refractivity contribution is 6.05. The van der Waals surface area contributed by atoms with Crippen molar-refractivity contribution in [3.05, 3.63) is 39.9 Å². The second kappa shape index (κ2) is 4.12. The molecule has 0 aliphatic carbocycles. The van der Waals surface area contributed by atoms with Crippen molar-refractivity contribution in [1.82, 2.24) is 15.2 Å². The predicted molar refractivity (Wildman–Crippen MR) is 62.8 cm³/mol. The van der Waals surface area contributed by atoms with Crippen molar-refractivity contribution in [2.75, 3.05) is 11.1 Å². The molecular formula is C10H11N5O2. The zero-order valence-electron chi connectivity index (χ0n) is 9.07. The Morgan fingerprint density at radius 3 is 2.88 bits per heavy atom. The van der Waals surface area contributed by atoms with Gasteiger partial charge in [-0.1, -0.05) is 0 Å². The molecule has 1 amide bonds. The Bertz CT molecular complexity index is 613. The van der Waals surface area contributed by atoms with E-state index in [0.717, 1.165) is 0 Å². The van der Waals surface area contributed by atoms with Crippen LogP contribution in [0.5, 0.6) is 0 Å². The molecule has 0 saturated heterocycles. The van der Waals surface area contributed by atoms with E-state index in [9.17, 15) is 9.59 Å². The Hall–Kier alpha value is -2.57. The summed E-state index contributed by atoms with van der Waals surface area (Å²) in [6, 6.07) is 2.69. The van der Waals surface area contributed by atoms with Crippen LogP contribution >= 0.6 is 0 Å². The Balaban J connectivity index is 2.23. The second-order valence-electron chi connectivity index (χ2n) is 3.51. The molecule has 2 aromatic heterocycles. The minimum absolute atomic E-state index is 0.244. The van der Waals surface area contributed by atoms with Crippen LogP contribution in [0.15, 0.2) is 23.1 Å². The molecule has 0 aliphatic heterocycles. The number of carbonyl (C=O) groups excluding carboxylic acids is 1. The molecule has 0 fully saturated rings. The summed E-state index contributed by atoms with van der Waals surface area (Å²) in [4.78, 5) is 25.2. The molecule has 2 aromatic rings. The first-order valence-electron chi connectivity index (χ1n) is 4.88. The van der Waals surface area contributed by atoms with Gasteiger partial charge in [0.05, 0.1) is 11.4 Å². The molecule has 2 heterocycles. The molecular weight excluding hydrogens is 222 g/mol. The number of carbonyl (C=O) groups is 1. The van der Waals surface area contributed by atoms with Gasteiger partial charge < -0.3 is 16.0 Å². The lowest BCUT2D eigenvalue weighted by atomic mass is 10.2. The molecule has 17 heavy (non-hydrogen) atoms. The van der Waals surface area contributed by atoms with Crippen molar-refractivity contribution in [2.24, 2.45) is 0 Å². The van der Waals surface area contributed by atoms with Gasteiger partial charge in [0.15, 0.2) is 5.82 Å². The minimum Gasteiger partial charge on any atom is -0.394 e. The van der Waals surface area contributed by atoms with Gasteiger partial charge in [-0.25, -0.2) is 0 Å². The Labute approximate surface area is 96.0 Å². The molecule has 7 heteroatoms. The van der Waals surface area contributed by atoms with Crippen molar-refractivity contribution in [3.63, 3.8) is 0 Å². The maximum Gasteiger partial charge on any atom is 0.257 e. The van der Waals surface area contributed by atoms with E-state index in [0.29, 0.717) is 11.4 Å². The van der Waals surface area contributed by atoms with Crippen molar-refractivity contribution >= 4 is 17.4 Å². The van der Waals surface area contributed by atoms with Gasteiger partial charge in [0.1, 0.15) is 0 Å². The van der Waals surface area contributed by atoms with Crippen LogP contribution in [-0.2, 0) is 0 Å². The minimum atomic E-state index is -0.436. The van der Waals surface area contributed by atoms with E-state index >= 15 is 0 Å². The summed E-state index contributed by atoms with van der Waals surface area (Å²) in [7, 11) is 0. The van der Waals surface area contributed by atoms with E-state index in [1.807, 2.05) is 0 Å². The third-order valence-electron chi connectivity index (χ3n) is 2.26. The molecule has 0 unspecified atom stereocenters. The number of pyridine rings is 1. The molecule has 7 nitrogen and oxygen atoms in total. The van der Waals surface area contributed by atoms with Crippen LogP contribution in [0, 0.1) is 6.92 Å². The Morgan fingerprint density at radius 1 is 1.53 bits per heavy atom. The predicted octanol–water partition coefficient (Wildman–Crippen LogP) is 0.241. The standard InChI is InChI=1S/C10H11N5O2/c1-5-8(11)9(15-14-5)13-10(17)6-2-3-12-7(16)4-6/h2-4H,11H2,1H3,(H,12,16)(H2,13,14,15,17). The summed E-state index contributed by atoms with van der Waals surface area (Å²) in [5.41, 5.74) is 6.63. The summed E-state index contributed by atoms with van der Waals surface area (Å²) >= 11 is 0. The number of nitrogen functional groups attached to an aromatic ring is 1. The van der Waals surface area contributed by atoms with E-state index in [1.165, 1.54) is 18.3 Å². The van der Waals surface area contributed by atoms with Crippen molar-refractivity contribution < 1.29 is 4.79 Å². The molecule has 0 saturated carbocycles. The zero-order chi connectivity index (χ0) is 12.4. The zero-order valence-corrected chi connectivity index (χ0v) is 9.07. The summed E-state index contributed by atoms with van der Waals surface area (Å²) < 4.78 is 0. The second-order valence-corrected chi connectivity index (χ2v) is 3.51. The molecule has 0 bridgehead atoms. The third kappa shape index (κ3) is 2.17. The van der Waals surface area contributed by atoms with Gasteiger partial charge in [0.25, 0.3) is 5.91 Å². The fraction of sp³-hybridized carbons (Fsp3) is 0.100. The first kappa shape index (κ1) is 10.9. The summed E-state index contributed by atoms with van der Waals surface area (Å²) in [6.45, 7) is 1.74. The van der Waals surface area contributed by atoms with Gasteiger partial charge >= 0.3 is 0 Å². The summed E-state index contributed by atoms with van der Waals surface area (Å²) in [5, 5.41) is 9.00. The third-order valence-corrected chi connectivity index (χ3v) is 2.26. The van der Waals surface area contributed by atoms with E-state index in [-0.39, 0.29) is 16.9 Å². The normalized spacial score (nSPS) is 10.2. The number of aromatic nitrogens is 3. The van der Waals surface area contributed by atoms with Crippen LogP contribution < -0.4 is 16.6 Å². The number of aromatic amines is 2. The van der Waals surface area contributed by atoms with Crippen LogP contribution in [-0.4, -0.2) is 21.1 Å². The monoisotopic (exact) mass is 233 g/mol. The maximum atomic E-state index is 11.8. The number of H-pyrrole nitrogens is 2. The van der Waals surface area contributed by atoms with Gasteiger partial charge in [-0.3, -0.25) is 14.7 Å². The van der Waals surface area contributed by atoms with Gasteiger partial charge in [0.2, 0.25) is 5.56 Å². The number of aryl methyl sites for hydroxylation is 1. The van der Waals surface area contributed by atoms with Gasteiger partial charge in [-0.05, 0) is 13.0 Å². The number of hydrogen-bond acceptors (Lipinski definition) is 4. The maximum absolute atomic E-state index is 11.8. The fourth-order valence-electron chi connectivity index (χ4n) is 1.30. The number of nitrogens with two attached hydrogens (primary N) is 1. The lowest BCUT2D eigenvalue weighted by Crippen LogP contribution is -2.16. The number of nitrogens with zero attached hydrogens (tertiary/aromatic N) is 1. The molecule has 0 aromatic carbocycles. The molecule has 5 N–H and O–H groups in total. The smallest absolute Gasteiger partial charge is 0.257 e. The quantitative estimate of drug-likeness (QED) is 0.594. The average molecular weight is 233 g/mol. The van der Waals surface area contributed by atoms with Gasteiger partial charge in [0, 0.05) is 17.8 Å². The molecule has 2 rings (SSSR count). The average Bonchev–Trinajstić information content (AvgIpc) is 2.61. The van der Waals surface area contributed by atoms with Crippen LogP contribution in [0.25, 0.3) is 0 Å². The van der Waals surface area contributed by atoms with Crippen molar-refractivity contribution in [3.8, 4) is 0 Å². The Kier molecular flexibility index (Phi) is 2.65. The highest BCUT2D eigenvalue weighted by Gasteiger charge is 2.11. The number of rotatable bonds is 2. The lowest BCUT2D eigenvalue weighted by Gasteiger charge is -2.02. The number of amides is 1. The van der Waals surface area contributed by atoms with Crippen molar-refractivity contribution in [1.29, 1.82) is 0 Å². The van der Waals surface area contributed by atoms with Crippen LogP contribution in [0.3, 0.4) is 0 Å². The Morgan fingerprint density at radius 2 is 2.29 bits per heavy atom. The van der Waals surface area contributed by atoms with E-state index in [4.69, 9.17) is 5.73 Å². The lowest BCUT2D eigenvalue weighted by molar-refractivity contribution is 0.102. The summed E-state index contributed by atoms with van der Waals surface area (Å²) in [6.07, 6.45) is 1.40. The fourth-order valence-corrected chi connectivity index (χ4v) is 1.30. The molecule has 0 atom stereocenters. The number of anilines is 2. The van der Waals surface area contributed by atoms with Crippen LogP contribution in [0.2, 0.25) is 0 Å². The SMILES string of the molecule is Cc1[nH]nc(NC(=O)c2cc[nH]c(=O)c2)c1N. The van der Waals surface area contributed by atoms with E-state index in [1.54, 1.807) is 6.92 Å². The van der Waals surface area contributed by atoms with E-state index < -0.39 is 5.91 Å². The highest BCUT2D eigenvalue weighted by Crippen LogP contribution is 2.18. The first-order chi connectivity index (χ1) is 8.08. The topological polar surface area (TPSA) is 117 Å². The van der Waals surface area contributed by atoms with Crippen LogP contribution in [0.4, 0.5) is 11.5 Å². The molecule has 0 radical (unpaired) electrons. The van der Waals surface area contributed by atoms with Crippen LogP contribution in [0.1, 0.15) is 16.1 Å². The summed E-state index contributed by atoms with van der Waals surface area (Å²) in [5.74, 6) is -0.179. The van der Waals surface area contributed by atoms with E-state index in [2.05, 4.69) is 20.5 Å². The first-order valence-corrected chi connectivity index (χ1v) is 4.88.